The lowest BCUT2D eigenvalue weighted by molar-refractivity contribution is 0.0564. The van der Waals surface area contributed by atoms with Crippen LogP contribution in [0.1, 0.15) is 50.5 Å². The second-order valence-corrected chi connectivity index (χ2v) is 9.30. The third kappa shape index (κ3) is 4.43. The molecule has 35 heavy (non-hydrogen) atoms. The van der Waals surface area contributed by atoms with E-state index in [9.17, 15) is 14.4 Å². The Balaban J connectivity index is 1.22. The lowest BCUT2D eigenvalue weighted by Gasteiger charge is -2.39. The predicted octanol–water partition coefficient (Wildman–Crippen LogP) is 3.43. The highest BCUT2D eigenvalue weighted by molar-refractivity contribution is 5.98. The second-order valence-electron chi connectivity index (χ2n) is 9.30. The Hall–Kier alpha value is -3.94. The van der Waals surface area contributed by atoms with Crippen LogP contribution in [0.5, 0.6) is 0 Å². The zero-order valence-electron chi connectivity index (χ0n) is 19.7. The molecule has 2 amide bonds. The third-order valence-corrected chi connectivity index (χ3v) is 7.26. The summed E-state index contributed by atoms with van der Waals surface area (Å²) < 4.78 is 6.65. The summed E-state index contributed by atoms with van der Waals surface area (Å²) in [5, 5.41) is 0. The minimum atomic E-state index is -0.478. The van der Waals surface area contributed by atoms with E-state index in [2.05, 4.69) is 9.72 Å². The second kappa shape index (κ2) is 9.37. The van der Waals surface area contributed by atoms with Gasteiger partial charge in [-0.1, -0.05) is 12.1 Å². The number of aromatic nitrogens is 2. The van der Waals surface area contributed by atoms with Crippen LogP contribution in [0.2, 0.25) is 0 Å². The molecule has 0 unspecified atom stereocenters. The minimum Gasteiger partial charge on any atom is -0.465 e. The molecule has 1 spiro atoms. The number of nitrogens with zero attached hydrogens (tertiary/aromatic N) is 4. The van der Waals surface area contributed by atoms with Gasteiger partial charge in [0, 0.05) is 44.8 Å². The molecule has 0 radical (unpaired) electrons. The van der Waals surface area contributed by atoms with Crippen molar-refractivity contribution >= 4 is 17.8 Å². The van der Waals surface area contributed by atoms with Crippen molar-refractivity contribution < 1.29 is 19.1 Å². The molecule has 2 aromatic heterocycles. The maximum atomic E-state index is 13.4. The molecule has 5 rings (SSSR count). The number of pyridine rings is 1. The van der Waals surface area contributed by atoms with Crippen molar-refractivity contribution in [2.24, 2.45) is 5.41 Å². The van der Waals surface area contributed by atoms with Crippen LogP contribution in [0, 0.1) is 5.41 Å². The monoisotopic (exact) mass is 472 g/mol. The Bertz CT molecular complexity index is 1230. The Morgan fingerprint density at radius 3 is 2.20 bits per heavy atom. The number of hydrogen-bond donors (Lipinski definition) is 0. The largest absolute Gasteiger partial charge is 0.465 e. The number of esters is 1. The van der Waals surface area contributed by atoms with Crippen LogP contribution in [-0.4, -0.2) is 70.4 Å². The van der Waals surface area contributed by atoms with Gasteiger partial charge in [-0.3, -0.25) is 14.6 Å². The molecule has 0 atom stereocenters. The van der Waals surface area contributed by atoms with Crippen molar-refractivity contribution in [3.8, 4) is 5.69 Å². The van der Waals surface area contributed by atoms with Gasteiger partial charge in [-0.15, -0.1) is 0 Å². The summed E-state index contributed by atoms with van der Waals surface area (Å²) in [6.07, 6.45) is 7.91. The maximum absolute atomic E-state index is 13.4. The van der Waals surface area contributed by atoms with E-state index in [0.717, 1.165) is 24.9 Å². The van der Waals surface area contributed by atoms with Crippen molar-refractivity contribution in [1.82, 2.24) is 19.4 Å². The van der Waals surface area contributed by atoms with Crippen LogP contribution in [0.25, 0.3) is 5.69 Å². The number of hydrogen-bond acceptors (Lipinski definition) is 5. The Morgan fingerprint density at radius 1 is 0.857 bits per heavy atom. The number of carbonyl (C=O) groups excluding carboxylic acids is 3. The van der Waals surface area contributed by atoms with Crippen molar-refractivity contribution in [2.45, 2.75) is 19.3 Å². The summed E-state index contributed by atoms with van der Waals surface area (Å²) in [6, 6.07) is 14.7. The molecule has 4 heterocycles. The van der Waals surface area contributed by atoms with E-state index in [4.69, 9.17) is 0 Å². The molecule has 0 aliphatic carbocycles. The molecule has 1 aromatic carbocycles. The molecule has 0 N–H and O–H groups in total. The number of methoxy groups -OCH3 is 1. The van der Waals surface area contributed by atoms with Crippen molar-refractivity contribution in [3.63, 3.8) is 0 Å². The molecule has 0 bridgehead atoms. The summed E-state index contributed by atoms with van der Waals surface area (Å²) >= 11 is 0. The molecular formula is C27H28N4O4. The van der Waals surface area contributed by atoms with Gasteiger partial charge in [-0.25, -0.2) is 4.79 Å². The van der Waals surface area contributed by atoms with Gasteiger partial charge in [0.25, 0.3) is 11.8 Å². The Kier molecular flexibility index (Phi) is 6.11. The normalized spacial score (nSPS) is 16.9. The first kappa shape index (κ1) is 22.8. The number of likely N-dealkylation sites (tertiary alicyclic amines) is 2. The highest BCUT2D eigenvalue weighted by Gasteiger charge is 2.43. The van der Waals surface area contributed by atoms with Gasteiger partial charge < -0.3 is 19.1 Å². The number of piperidine rings is 1. The van der Waals surface area contributed by atoms with Crippen LogP contribution in [0.15, 0.2) is 67.1 Å². The smallest absolute Gasteiger partial charge is 0.339 e. The van der Waals surface area contributed by atoms with Gasteiger partial charge in [0.15, 0.2) is 0 Å². The van der Waals surface area contributed by atoms with Crippen molar-refractivity contribution in [3.05, 3.63) is 83.9 Å². The maximum Gasteiger partial charge on any atom is 0.339 e. The zero-order valence-corrected chi connectivity index (χ0v) is 19.7. The van der Waals surface area contributed by atoms with Crippen LogP contribution in [0.3, 0.4) is 0 Å². The number of carbonyl (C=O) groups is 3. The molecular weight excluding hydrogens is 444 g/mol. The molecule has 2 aliphatic heterocycles. The first-order valence-corrected chi connectivity index (χ1v) is 11.8. The Morgan fingerprint density at radius 2 is 1.54 bits per heavy atom. The molecule has 8 heteroatoms. The summed E-state index contributed by atoms with van der Waals surface area (Å²) in [5.41, 5.74) is 2.25. The lowest BCUT2D eigenvalue weighted by Crippen LogP contribution is -2.45. The van der Waals surface area contributed by atoms with Crippen LogP contribution >= 0.6 is 0 Å². The summed E-state index contributed by atoms with van der Waals surface area (Å²) in [4.78, 5) is 46.0. The van der Waals surface area contributed by atoms with E-state index in [1.54, 1.807) is 12.1 Å². The van der Waals surface area contributed by atoms with Crippen molar-refractivity contribution in [1.29, 1.82) is 0 Å². The number of amides is 2. The quantitative estimate of drug-likeness (QED) is 0.543. The molecule has 0 saturated carbocycles. The van der Waals surface area contributed by atoms with Gasteiger partial charge in [-0.05, 0) is 61.1 Å². The fourth-order valence-corrected chi connectivity index (χ4v) is 5.17. The van der Waals surface area contributed by atoms with Gasteiger partial charge >= 0.3 is 5.97 Å². The highest BCUT2D eigenvalue weighted by Crippen LogP contribution is 2.41. The van der Waals surface area contributed by atoms with Gasteiger partial charge in [-0.2, -0.15) is 0 Å². The first-order chi connectivity index (χ1) is 17.0. The van der Waals surface area contributed by atoms with Crippen LogP contribution < -0.4 is 0 Å². The lowest BCUT2D eigenvalue weighted by atomic mass is 9.77. The third-order valence-electron chi connectivity index (χ3n) is 7.26. The topological polar surface area (TPSA) is 84.7 Å². The van der Waals surface area contributed by atoms with Crippen LogP contribution in [-0.2, 0) is 4.74 Å². The fraction of sp³-hybridized carbons (Fsp3) is 0.333. The summed E-state index contributed by atoms with van der Waals surface area (Å²) in [5.74, 6) is -0.559. The van der Waals surface area contributed by atoms with Crippen LogP contribution in [0.4, 0.5) is 0 Å². The molecule has 3 aromatic rings. The zero-order chi connectivity index (χ0) is 24.4. The van der Waals surface area contributed by atoms with Gasteiger partial charge in [0.2, 0.25) is 0 Å². The molecule has 2 saturated heterocycles. The van der Waals surface area contributed by atoms with E-state index in [0.29, 0.717) is 43.0 Å². The molecule has 8 nitrogen and oxygen atoms in total. The first-order valence-electron chi connectivity index (χ1n) is 11.8. The molecule has 180 valence electrons. The van der Waals surface area contributed by atoms with E-state index < -0.39 is 5.97 Å². The summed E-state index contributed by atoms with van der Waals surface area (Å²) in [6.45, 7) is 2.68. The van der Waals surface area contributed by atoms with E-state index in [1.165, 1.54) is 13.3 Å². The van der Waals surface area contributed by atoms with E-state index in [-0.39, 0.29) is 17.2 Å². The Labute approximate surface area is 204 Å². The van der Waals surface area contributed by atoms with Crippen molar-refractivity contribution in [2.75, 3.05) is 33.3 Å². The summed E-state index contributed by atoms with van der Waals surface area (Å²) in [7, 11) is 1.31. The van der Waals surface area contributed by atoms with E-state index in [1.807, 2.05) is 63.2 Å². The molecule has 2 fully saturated rings. The number of para-hydroxylation sites is 1. The number of ether oxygens (including phenoxy) is 1. The number of benzene rings is 1. The van der Waals surface area contributed by atoms with Gasteiger partial charge in [0.1, 0.15) is 5.69 Å². The SMILES string of the molecule is COC(=O)c1ccc(C(=O)N2CCC3(CCN(C(=O)c4ccccc4-n4cccc4)CC3)C2)nc1. The van der Waals surface area contributed by atoms with E-state index >= 15 is 0 Å². The average molecular weight is 473 g/mol. The number of rotatable bonds is 4. The molecule has 2 aliphatic rings. The average Bonchev–Trinajstić information content (AvgIpc) is 3.59. The minimum absolute atomic E-state index is 0.0261. The standard InChI is InChI=1S/C27H28N4O4/c1-35-26(34)20-8-9-22(28-18-20)25(33)31-17-12-27(19-31)10-15-30(16-11-27)24(32)21-6-2-3-7-23(21)29-13-4-5-14-29/h2-9,13-14,18H,10-12,15-17,19H2,1H3. The highest BCUT2D eigenvalue weighted by atomic mass is 16.5. The predicted molar refractivity (Wildman–Crippen MR) is 129 cm³/mol. The van der Waals surface area contributed by atoms with Gasteiger partial charge in [0.05, 0.1) is 23.9 Å². The fourth-order valence-electron chi connectivity index (χ4n) is 5.17.